The van der Waals surface area contributed by atoms with Gasteiger partial charge in [-0.15, -0.1) is 0 Å². The normalized spacial score (nSPS) is 30.9. The molecule has 0 bridgehead atoms. The van der Waals surface area contributed by atoms with Crippen LogP contribution in [0.5, 0.6) is 0 Å². The molecule has 1 aliphatic carbocycles. The fraction of sp³-hybridized carbons (Fsp3) is 0.438. The van der Waals surface area contributed by atoms with E-state index in [-0.39, 0.29) is 12.1 Å². The van der Waals surface area contributed by atoms with Crippen molar-refractivity contribution in [1.29, 1.82) is 0 Å². The van der Waals surface area contributed by atoms with Gasteiger partial charge in [0, 0.05) is 0 Å². The Bertz CT molecular complexity index is 593. The molecule has 1 aromatic rings. The molecule has 3 aliphatic rings. The molecular weight excluding hydrogens is 238 g/mol. The monoisotopic (exact) mass is 255 g/mol. The van der Waals surface area contributed by atoms with Crippen LogP contribution < -0.4 is 0 Å². The highest BCUT2D eigenvalue weighted by atomic mass is 16.6. The second kappa shape index (κ2) is 3.62. The van der Waals surface area contributed by atoms with Gasteiger partial charge in [0.25, 0.3) is 0 Å². The van der Waals surface area contributed by atoms with Gasteiger partial charge in [-0.05, 0) is 54.0 Å². The van der Waals surface area contributed by atoms with Crippen molar-refractivity contribution in [3.63, 3.8) is 0 Å². The van der Waals surface area contributed by atoms with E-state index in [1.54, 1.807) is 0 Å². The van der Waals surface area contributed by atoms with Gasteiger partial charge < -0.3 is 4.74 Å². The number of cyclic esters (lactones) is 1. The largest absolute Gasteiger partial charge is 0.447 e. The van der Waals surface area contributed by atoms with Gasteiger partial charge >= 0.3 is 6.09 Å². The van der Waals surface area contributed by atoms with Crippen LogP contribution in [0, 0.1) is 12.8 Å². The third kappa shape index (κ3) is 1.36. The van der Waals surface area contributed by atoms with E-state index >= 15 is 0 Å². The van der Waals surface area contributed by atoms with Gasteiger partial charge in [-0.3, -0.25) is 4.90 Å². The number of hydrogen-bond acceptors (Lipinski definition) is 2. The van der Waals surface area contributed by atoms with Crippen molar-refractivity contribution in [3.05, 3.63) is 41.0 Å². The molecule has 3 heteroatoms. The first-order chi connectivity index (χ1) is 9.19. The first-order valence-electron chi connectivity index (χ1n) is 6.90. The third-order valence-electron chi connectivity index (χ3n) is 4.87. The highest BCUT2D eigenvalue weighted by Gasteiger charge is 2.52. The number of amides is 1. The summed E-state index contributed by atoms with van der Waals surface area (Å²) in [5.41, 5.74) is 5.16. The zero-order chi connectivity index (χ0) is 13.1. The fourth-order valence-corrected chi connectivity index (χ4v) is 4.05. The standard InChI is InChI=1S/C16H17NO2/c1-3-10-7-14-11(4-9(10)2)5-12-6-13-8-19-16(18)17(13)15(12)14/h3-4,7,12-13,15H,1,5-6,8H2,2H3/t12-,13+,15+/m1/s1. The Labute approximate surface area is 112 Å². The predicted molar refractivity (Wildman–Crippen MR) is 72.8 cm³/mol. The summed E-state index contributed by atoms with van der Waals surface area (Å²) in [5.74, 6) is 0.576. The minimum absolute atomic E-state index is 0.133. The molecule has 0 spiro atoms. The lowest BCUT2D eigenvalue weighted by Crippen LogP contribution is -2.30. The maximum atomic E-state index is 11.9. The lowest BCUT2D eigenvalue weighted by Gasteiger charge is -2.22. The van der Waals surface area contributed by atoms with E-state index in [1.807, 2.05) is 11.0 Å². The van der Waals surface area contributed by atoms with Crippen molar-refractivity contribution in [1.82, 2.24) is 4.90 Å². The minimum Gasteiger partial charge on any atom is -0.447 e. The van der Waals surface area contributed by atoms with Crippen LogP contribution in [0.25, 0.3) is 6.08 Å². The second-order valence-electron chi connectivity index (χ2n) is 5.89. The third-order valence-corrected chi connectivity index (χ3v) is 4.87. The van der Waals surface area contributed by atoms with Crippen molar-refractivity contribution in [2.75, 3.05) is 6.61 Å². The van der Waals surface area contributed by atoms with E-state index in [9.17, 15) is 4.79 Å². The zero-order valence-corrected chi connectivity index (χ0v) is 11.1. The van der Waals surface area contributed by atoms with E-state index in [0.717, 1.165) is 12.8 Å². The maximum Gasteiger partial charge on any atom is 0.410 e. The van der Waals surface area contributed by atoms with Crippen LogP contribution in [-0.4, -0.2) is 23.6 Å². The van der Waals surface area contributed by atoms with Crippen molar-refractivity contribution >= 4 is 12.2 Å². The number of benzene rings is 1. The molecule has 4 rings (SSSR count). The Morgan fingerprint density at radius 2 is 2.32 bits per heavy atom. The van der Waals surface area contributed by atoms with Crippen LogP contribution in [0.2, 0.25) is 0 Å². The van der Waals surface area contributed by atoms with E-state index in [4.69, 9.17) is 4.74 Å². The molecule has 0 saturated carbocycles. The summed E-state index contributed by atoms with van der Waals surface area (Å²) >= 11 is 0. The van der Waals surface area contributed by atoms with Crippen molar-refractivity contribution < 1.29 is 9.53 Å². The van der Waals surface area contributed by atoms with E-state index < -0.39 is 0 Å². The summed E-state index contributed by atoms with van der Waals surface area (Å²) in [6, 6.07) is 5.01. The van der Waals surface area contributed by atoms with Crippen molar-refractivity contribution in [2.45, 2.75) is 31.8 Å². The first-order valence-corrected chi connectivity index (χ1v) is 6.90. The number of hydrogen-bond donors (Lipinski definition) is 0. The van der Waals surface area contributed by atoms with Crippen molar-refractivity contribution in [2.24, 2.45) is 5.92 Å². The lowest BCUT2D eigenvalue weighted by atomic mass is 9.99. The predicted octanol–water partition coefficient (Wildman–Crippen LogP) is 3.08. The molecular formula is C16H17NO2. The Hall–Kier alpha value is -1.77. The summed E-state index contributed by atoms with van der Waals surface area (Å²) in [4.78, 5) is 13.9. The van der Waals surface area contributed by atoms with Gasteiger partial charge in [0.05, 0.1) is 12.1 Å². The van der Waals surface area contributed by atoms with Gasteiger partial charge in [-0.2, -0.15) is 0 Å². The number of carbonyl (C=O) groups excluding carboxylic acids is 1. The Kier molecular flexibility index (Phi) is 2.12. The van der Waals surface area contributed by atoms with Gasteiger partial charge in [0.1, 0.15) is 6.61 Å². The zero-order valence-electron chi connectivity index (χ0n) is 11.1. The highest BCUT2D eigenvalue weighted by Crippen LogP contribution is 2.51. The molecule has 98 valence electrons. The van der Waals surface area contributed by atoms with E-state index in [0.29, 0.717) is 18.6 Å². The average Bonchev–Trinajstić information content (AvgIpc) is 2.99. The fourth-order valence-electron chi connectivity index (χ4n) is 4.05. The molecule has 1 amide bonds. The summed E-state index contributed by atoms with van der Waals surface area (Å²) in [6.45, 7) is 6.57. The molecule has 0 aromatic heterocycles. The summed E-state index contributed by atoms with van der Waals surface area (Å²) in [5, 5.41) is 0. The molecule has 2 fully saturated rings. The molecule has 3 atom stereocenters. The number of nitrogens with zero attached hydrogens (tertiary/aromatic N) is 1. The van der Waals surface area contributed by atoms with Gasteiger partial charge in [0.15, 0.2) is 0 Å². The lowest BCUT2D eigenvalue weighted by molar-refractivity contribution is 0.145. The van der Waals surface area contributed by atoms with Crippen LogP contribution in [0.3, 0.4) is 0 Å². The van der Waals surface area contributed by atoms with Crippen LogP contribution in [0.4, 0.5) is 4.79 Å². The first kappa shape index (κ1) is 11.1. The Morgan fingerprint density at radius 3 is 3.11 bits per heavy atom. The molecule has 0 radical (unpaired) electrons. The highest BCUT2D eigenvalue weighted by molar-refractivity contribution is 5.72. The van der Waals surface area contributed by atoms with Gasteiger partial charge in [-0.1, -0.05) is 18.7 Å². The molecule has 0 N–H and O–H groups in total. The Morgan fingerprint density at radius 1 is 1.47 bits per heavy atom. The molecule has 0 unspecified atom stereocenters. The molecule has 19 heavy (non-hydrogen) atoms. The van der Waals surface area contributed by atoms with Crippen LogP contribution in [-0.2, 0) is 11.2 Å². The summed E-state index contributed by atoms with van der Waals surface area (Å²) in [7, 11) is 0. The average molecular weight is 255 g/mol. The van der Waals surface area contributed by atoms with E-state index in [2.05, 4.69) is 25.6 Å². The molecule has 1 aromatic carbocycles. The number of aryl methyl sites for hydroxylation is 1. The Balaban J connectivity index is 1.83. The molecule has 2 heterocycles. The maximum absolute atomic E-state index is 11.9. The van der Waals surface area contributed by atoms with Crippen LogP contribution in [0.15, 0.2) is 18.7 Å². The van der Waals surface area contributed by atoms with E-state index in [1.165, 1.54) is 22.3 Å². The number of carbonyl (C=O) groups is 1. The number of rotatable bonds is 1. The quantitative estimate of drug-likeness (QED) is 0.771. The minimum atomic E-state index is -0.133. The summed E-state index contributed by atoms with van der Waals surface area (Å²) < 4.78 is 5.19. The second-order valence-corrected chi connectivity index (χ2v) is 5.89. The molecule has 2 saturated heterocycles. The SMILES string of the molecule is C=Cc1cc2c(cc1C)C[C@@H]1C[C@H]3COC(=O)N3[C@H]21. The van der Waals surface area contributed by atoms with Gasteiger partial charge in [0.2, 0.25) is 0 Å². The molecule has 3 nitrogen and oxygen atoms in total. The smallest absolute Gasteiger partial charge is 0.410 e. The number of ether oxygens (including phenoxy) is 1. The summed E-state index contributed by atoms with van der Waals surface area (Å²) in [6.07, 6.45) is 3.94. The topological polar surface area (TPSA) is 29.5 Å². The van der Waals surface area contributed by atoms with Gasteiger partial charge in [-0.25, -0.2) is 4.79 Å². The van der Waals surface area contributed by atoms with Crippen molar-refractivity contribution in [3.8, 4) is 0 Å². The molecule has 2 aliphatic heterocycles. The van der Waals surface area contributed by atoms with Crippen LogP contribution >= 0.6 is 0 Å². The number of fused-ring (bicyclic) bond motifs is 5. The van der Waals surface area contributed by atoms with Crippen LogP contribution in [0.1, 0.15) is 34.7 Å².